The van der Waals surface area contributed by atoms with Crippen LogP contribution >= 0.6 is 0 Å². The van der Waals surface area contributed by atoms with Crippen molar-refractivity contribution in [2.45, 2.75) is 20.3 Å². The molecule has 0 aliphatic heterocycles. The largest absolute Gasteiger partial charge is 0.491 e. The Morgan fingerprint density at radius 3 is 2.40 bits per heavy atom. The molecule has 220 valence electrons. The highest BCUT2D eigenvalue weighted by atomic mass is 19.1. The number of methoxy groups -OCH3 is 2. The first kappa shape index (κ1) is 29.2. The van der Waals surface area contributed by atoms with Crippen LogP contribution in [0.1, 0.15) is 28.5 Å². The lowest BCUT2D eigenvalue weighted by molar-refractivity contribution is 0.0987. The van der Waals surface area contributed by atoms with E-state index in [2.05, 4.69) is 15.0 Å². The van der Waals surface area contributed by atoms with Gasteiger partial charge in [-0.25, -0.2) is 13.8 Å². The Morgan fingerprint density at radius 1 is 0.953 bits per heavy atom. The number of nitrogens with one attached hydrogen (secondary N) is 1. The second-order valence-corrected chi connectivity index (χ2v) is 9.44. The van der Waals surface area contributed by atoms with Crippen LogP contribution in [0.4, 0.5) is 8.78 Å². The molecule has 0 saturated carbocycles. The minimum Gasteiger partial charge on any atom is -0.491 e. The quantitative estimate of drug-likeness (QED) is 0.192. The molecular formula is C32H27F2N3O6. The number of ether oxygens (including phenoxy) is 4. The molecule has 0 fully saturated rings. The summed E-state index contributed by atoms with van der Waals surface area (Å²) >= 11 is 0. The predicted molar refractivity (Wildman–Crippen MR) is 156 cm³/mol. The molecular weight excluding hydrogens is 560 g/mol. The number of H-pyrrole nitrogens is 1. The summed E-state index contributed by atoms with van der Waals surface area (Å²) in [7, 11) is 2.92. The van der Waals surface area contributed by atoms with Crippen molar-refractivity contribution in [3.05, 3.63) is 99.5 Å². The zero-order valence-electron chi connectivity index (χ0n) is 23.8. The first-order valence-corrected chi connectivity index (χ1v) is 13.3. The number of nitrogens with zero attached hydrogens (tertiary/aromatic N) is 2. The van der Waals surface area contributed by atoms with Gasteiger partial charge in [-0.3, -0.25) is 14.6 Å². The highest BCUT2D eigenvalue weighted by molar-refractivity contribution is 6.00. The number of benzene rings is 2. The van der Waals surface area contributed by atoms with Crippen molar-refractivity contribution >= 4 is 16.8 Å². The molecule has 0 saturated heterocycles. The summed E-state index contributed by atoms with van der Waals surface area (Å²) in [6.45, 7) is 3.58. The minimum absolute atomic E-state index is 0.0189. The van der Waals surface area contributed by atoms with Crippen LogP contribution in [0.5, 0.6) is 29.0 Å². The number of carbonyl (C=O) groups is 1. The summed E-state index contributed by atoms with van der Waals surface area (Å²) in [5, 5.41) is 0. The van der Waals surface area contributed by atoms with E-state index in [1.54, 1.807) is 19.9 Å². The van der Waals surface area contributed by atoms with E-state index < -0.39 is 22.8 Å². The lowest BCUT2D eigenvalue weighted by atomic mass is 9.97. The summed E-state index contributed by atoms with van der Waals surface area (Å²) in [5.41, 5.74) is 1.44. The highest BCUT2D eigenvalue weighted by Gasteiger charge is 2.24. The Morgan fingerprint density at radius 2 is 1.72 bits per heavy atom. The summed E-state index contributed by atoms with van der Waals surface area (Å²) in [6.07, 6.45) is 1.20. The van der Waals surface area contributed by atoms with Gasteiger partial charge in [0.2, 0.25) is 11.3 Å². The van der Waals surface area contributed by atoms with Crippen molar-refractivity contribution in [3.8, 4) is 40.1 Å². The van der Waals surface area contributed by atoms with Gasteiger partial charge in [0.1, 0.15) is 16.9 Å². The van der Waals surface area contributed by atoms with Crippen LogP contribution in [0.3, 0.4) is 0 Å². The molecule has 1 N–H and O–H groups in total. The molecule has 9 nitrogen and oxygen atoms in total. The van der Waals surface area contributed by atoms with Gasteiger partial charge in [-0.05, 0) is 49.2 Å². The minimum atomic E-state index is -0.731. The lowest BCUT2D eigenvalue weighted by Gasteiger charge is -2.14. The monoisotopic (exact) mass is 587 g/mol. The van der Waals surface area contributed by atoms with Gasteiger partial charge in [-0.1, -0.05) is 18.2 Å². The van der Waals surface area contributed by atoms with Gasteiger partial charge in [0.15, 0.2) is 28.8 Å². The fraction of sp³-hybridized carbons (Fsp3) is 0.188. The Labute approximate surface area is 245 Å². The number of fused-ring (bicyclic) bond motifs is 1. The molecule has 0 aliphatic carbocycles. The van der Waals surface area contributed by atoms with Gasteiger partial charge in [-0.2, -0.15) is 0 Å². The van der Waals surface area contributed by atoms with Crippen LogP contribution in [0.2, 0.25) is 0 Å². The van der Waals surface area contributed by atoms with E-state index in [0.29, 0.717) is 33.6 Å². The Kier molecular flexibility index (Phi) is 8.33. The zero-order chi connectivity index (χ0) is 30.7. The van der Waals surface area contributed by atoms with E-state index in [9.17, 15) is 14.0 Å². The molecule has 0 bridgehead atoms. The molecule has 0 aliphatic rings. The highest BCUT2D eigenvalue weighted by Crippen LogP contribution is 2.35. The van der Waals surface area contributed by atoms with E-state index >= 15 is 4.39 Å². The molecule has 5 rings (SSSR count). The summed E-state index contributed by atoms with van der Waals surface area (Å²) in [6, 6.07) is 12.6. The second kappa shape index (κ2) is 12.3. The summed E-state index contributed by atoms with van der Waals surface area (Å²) in [4.78, 5) is 38.7. The van der Waals surface area contributed by atoms with E-state index in [4.69, 9.17) is 18.9 Å². The average molecular weight is 588 g/mol. The van der Waals surface area contributed by atoms with Crippen LogP contribution < -0.4 is 24.4 Å². The number of aromatic nitrogens is 3. The number of pyridine rings is 3. The molecule has 3 aromatic heterocycles. The van der Waals surface area contributed by atoms with E-state index in [1.165, 1.54) is 62.9 Å². The number of carbonyl (C=O) groups excluding carboxylic acids is 1. The Balaban J connectivity index is 1.45. The lowest BCUT2D eigenvalue weighted by Crippen LogP contribution is -2.22. The first-order valence-electron chi connectivity index (χ1n) is 13.3. The number of halogens is 2. The first-order chi connectivity index (χ1) is 20.7. The standard InChI is InChI=1S/C32H27F2N3O6/c1-5-42-32-28(30(39)27(17(2)36-32)19-7-9-20(33)10-8-19)23(38)15-18-6-11-24(21(34)14-18)43-25-12-13-35-22-16-26(40-3)31(41-4)37-29(22)25/h6-14,16H,5,15H2,1-4H3,(H,36,39). The van der Waals surface area contributed by atoms with Gasteiger partial charge in [0.25, 0.3) is 5.88 Å². The number of Topliss-reactive ketones (excluding diaryl/α,β-unsaturated/α-hetero) is 1. The van der Waals surface area contributed by atoms with Gasteiger partial charge in [0, 0.05) is 36.0 Å². The van der Waals surface area contributed by atoms with Crippen molar-refractivity contribution in [2.75, 3.05) is 20.8 Å². The van der Waals surface area contributed by atoms with Crippen molar-refractivity contribution in [3.63, 3.8) is 0 Å². The van der Waals surface area contributed by atoms with Gasteiger partial charge in [-0.15, -0.1) is 0 Å². The molecule has 5 aromatic rings. The fourth-order valence-corrected chi connectivity index (χ4v) is 4.68. The third-order valence-electron chi connectivity index (χ3n) is 6.66. The topological polar surface area (TPSA) is 113 Å². The molecule has 0 spiro atoms. The van der Waals surface area contributed by atoms with Crippen LogP contribution in [0.25, 0.3) is 22.2 Å². The van der Waals surface area contributed by atoms with Crippen LogP contribution in [0, 0.1) is 18.6 Å². The molecule has 11 heteroatoms. The van der Waals surface area contributed by atoms with Crippen LogP contribution in [-0.4, -0.2) is 41.6 Å². The smallest absolute Gasteiger partial charge is 0.257 e. The normalized spacial score (nSPS) is 10.9. The maximum Gasteiger partial charge on any atom is 0.257 e. The Hall–Kier alpha value is -5.32. The zero-order valence-corrected chi connectivity index (χ0v) is 23.8. The summed E-state index contributed by atoms with van der Waals surface area (Å²) < 4.78 is 50.7. The van der Waals surface area contributed by atoms with Crippen molar-refractivity contribution in [1.29, 1.82) is 0 Å². The van der Waals surface area contributed by atoms with Crippen molar-refractivity contribution in [1.82, 2.24) is 15.0 Å². The Bertz CT molecular complexity index is 1890. The number of aryl methyl sites for hydroxylation is 1. The third kappa shape index (κ3) is 5.87. The van der Waals surface area contributed by atoms with Crippen molar-refractivity contribution < 1.29 is 32.5 Å². The number of hydrogen-bond acceptors (Lipinski definition) is 8. The van der Waals surface area contributed by atoms with E-state index in [0.717, 1.165) is 6.07 Å². The van der Waals surface area contributed by atoms with Crippen LogP contribution in [0.15, 0.2) is 65.6 Å². The molecule has 43 heavy (non-hydrogen) atoms. The van der Waals surface area contributed by atoms with Gasteiger partial charge in [0.05, 0.1) is 26.3 Å². The number of rotatable bonds is 10. The third-order valence-corrected chi connectivity index (χ3v) is 6.66. The number of aromatic amines is 1. The van der Waals surface area contributed by atoms with Gasteiger partial charge < -0.3 is 23.9 Å². The molecule has 0 unspecified atom stereocenters. The SMILES string of the molecule is CCOc1[nH]c(C)c(-c2ccc(F)cc2)c(=O)c1C(=O)Cc1ccc(Oc2ccnc3cc(OC)c(OC)nc23)c(F)c1. The second-order valence-electron chi connectivity index (χ2n) is 9.44. The maximum atomic E-state index is 15.3. The predicted octanol–water partition coefficient (Wildman–Crippen LogP) is 6.21. The maximum absolute atomic E-state index is 15.3. The van der Waals surface area contributed by atoms with E-state index in [1.807, 2.05) is 0 Å². The molecule has 2 aromatic carbocycles. The molecule has 3 heterocycles. The van der Waals surface area contributed by atoms with E-state index in [-0.39, 0.29) is 47.4 Å². The number of ketones is 1. The number of hydrogen-bond donors (Lipinski definition) is 1. The molecule has 0 atom stereocenters. The van der Waals surface area contributed by atoms with Gasteiger partial charge >= 0.3 is 0 Å². The fourth-order valence-electron chi connectivity index (χ4n) is 4.68. The average Bonchev–Trinajstić information content (AvgIpc) is 2.99. The summed E-state index contributed by atoms with van der Waals surface area (Å²) in [5.74, 6) is -1.03. The van der Waals surface area contributed by atoms with Crippen LogP contribution in [-0.2, 0) is 6.42 Å². The molecule has 0 radical (unpaired) electrons. The van der Waals surface area contributed by atoms with Crippen molar-refractivity contribution in [2.24, 2.45) is 0 Å². The molecule has 0 amide bonds.